The zero-order valence-corrected chi connectivity index (χ0v) is 14.3. The Hall–Kier alpha value is -2.30. The molecule has 0 atom stereocenters. The van der Waals surface area contributed by atoms with Crippen molar-refractivity contribution in [2.75, 3.05) is 5.32 Å². The molecule has 0 spiro atoms. The normalized spacial score (nSPS) is 10.6. The van der Waals surface area contributed by atoms with Crippen molar-refractivity contribution < 1.29 is 4.79 Å². The van der Waals surface area contributed by atoms with Crippen molar-refractivity contribution in [1.82, 2.24) is 9.78 Å². The minimum atomic E-state index is -0.153. The summed E-state index contributed by atoms with van der Waals surface area (Å²) in [6.07, 6.45) is 1.97. The fourth-order valence-corrected chi connectivity index (χ4v) is 2.62. The van der Waals surface area contributed by atoms with Gasteiger partial charge in [0.1, 0.15) is 5.02 Å². The number of carbonyl (C=O) groups excluding carboxylic acids is 1. The molecule has 0 aliphatic heterocycles. The SMILES string of the molecule is O=C(Cc1ccccc1)Nc1nn(Cc2ccc(Cl)cc2)cc1Cl. The average Bonchev–Trinajstić information content (AvgIpc) is 2.90. The van der Waals surface area contributed by atoms with Crippen molar-refractivity contribution in [3.8, 4) is 0 Å². The molecule has 122 valence electrons. The molecule has 1 N–H and O–H groups in total. The fourth-order valence-electron chi connectivity index (χ4n) is 2.30. The Bertz CT molecular complexity index is 829. The van der Waals surface area contributed by atoms with Gasteiger partial charge in [-0.05, 0) is 23.3 Å². The Labute approximate surface area is 150 Å². The van der Waals surface area contributed by atoms with Crippen LogP contribution in [0.3, 0.4) is 0 Å². The number of halogens is 2. The molecule has 0 radical (unpaired) electrons. The van der Waals surface area contributed by atoms with Crippen molar-refractivity contribution >= 4 is 34.9 Å². The monoisotopic (exact) mass is 359 g/mol. The fraction of sp³-hybridized carbons (Fsp3) is 0.111. The molecule has 3 aromatic rings. The first-order chi connectivity index (χ1) is 11.6. The smallest absolute Gasteiger partial charge is 0.230 e. The molecular weight excluding hydrogens is 345 g/mol. The van der Waals surface area contributed by atoms with E-state index in [0.29, 0.717) is 22.4 Å². The second-order valence-electron chi connectivity index (χ2n) is 5.36. The van der Waals surface area contributed by atoms with Gasteiger partial charge in [0.2, 0.25) is 5.91 Å². The first-order valence-corrected chi connectivity index (χ1v) is 8.17. The van der Waals surface area contributed by atoms with E-state index in [-0.39, 0.29) is 12.3 Å². The zero-order chi connectivity index (χ0) is 16.9. The van der Waals surface area contributed by atoms with E-state index in [2.05, 4.69) is 10.4 Å². The number of hydrogen-bond acceptors (Lipinski definition) is 2. The van der Waals surface area contributed by atoms with E-state index in [1.807, 2.05) is 54.6 Å². The third-order valence-electron chi connectivity index (χ3n) is 3.44. The van der Waals surface area contributed by atoms with Gasteiger partial charge in [-0.3, -0.25) is 9.48 Å². The van der Waals surface area contributed by atoms with Crippen molar-refractivity contribution in [2.45, 2.75) is 13.0 Å². The summed E-state index contributed by atoms with van der Waals surface area (Å²) in [7, 11) is 0. The highest BCUT2D eigenvalue weighted by Gasteiger charge is 2.11. The third-order valence-corrected chi connectivity index (χ3v) is 3.97. The predicted octanol–water partition coefficient (Wildman–Crippen LogP) is 4.42. The summed E-state index contributed by atoms with van der Waals surface area (Å²) in [5, 5.41) is 8.17. The van der Waals surface area contributed by atoms with E-state index in [1.54, 1.807) is 10.9 Å². The summed E-state index contributed by atoms with van der Waals surface area (Å²) < 4.78 is 1.68. The molecule has 0 saturated heterocycles. The Balaban J connectivity index is 1.65. The minimum absolute atomic E-state index is 0.153. The Morgan fingerprint density at radius 1 is 1.00 bits per heavy atom. The van der Waals surface area contributed by atoms with Gasteiger partial charge in [0.25, 0.3) is 0 Å². The second-order valence-corrected chi connectivity index (χ2v) is 6.20. The molecule has 3 rings (SSSR count). The molecule has 0 saturated carbocycles. The second kappa shape index (κ2) is 7.51. The maximum absolute atomic E-state index is 12.1. The number of amides is 1. The van der Waals surface area contributed by atoms with Gasteiger partial charge in [-0.15, -0.1) is 0 Å². The van der Waals surface area contributed by atoms with Crippen molar-refractivity contribution in [3.63, 3.8) is 0 Å². The number of carbonyl (C=O) groups is 1. The zero-order valence-electron chi connectivity index (χ0n) is 12.7. The molecule has 0 unspecified atom stereocenters. The predicted molar refractivity (Wildman–Crippen MR) is 96.6 cm³/mol. The van der Waals surface area contributed by atoms with Gasteiger partial charge in [-0.2, -0.15) is 5.10 Å². The van der Waals surface area contributed by atoms with Crippen LogP contribution in [0.4, 0.5) is 5.82 Å². The van der Waals surface area contributed by atoms with Gasteiger partial charge in [0.15, 0.2) is 5.82 Å². The molecule has 24 heavy (non-hydrogen) atoms. The van der Waals surface area contributed by atoms with Crippen LogP contribution in [-0.4, -0.2) is 15.7 Å². The highest BCUT2D eigenvalue weighted by Crippen LogP contribution is 2.20. The van der Waals surface area contributed by atoms with E-state index in [0.717, 1.165) is 11.1 Å². The van der Waals surface area contributed by atoms with Crippen LogP contribution in [0.1, 0.15) is 11.1 Å². The van der Waals surface area contributed by atoms with E-state index >= 15 is 0 Å². The molecule has 1 heterocycles. The lowest BCUT2D eigenvalue weighted by Gasteiger charge is -2.03. The quantitative estimate of drug-likeness (QED) is 0.732. The van der Waals surface area contributed by atoms with Gasteiger partial charge in [-0.1, -0.05) is 65.7 Å². The van der Waals surface area contributed by atoms with Crippen molar-refractivity contribution in [2.24, 2.45) is 0 Å². The summed E-state index contributed by atoms with van der Waals surface area (Å²) >= 11 is 12.0. The van der Waals surface area contributed by atoms with Crippen LogP contribution in [0.2, 0.25) is 10.0 Å². The standard InChI is InChI=1S/C18H15Cl2N3O/c19-15-8-6-14(7-9-15)11-23-12-16(20)18(22-23)21-17(24)10-13-4-2-1-3-5-13/h1-9,12H,10-11H2,(H,21,22,24). The number of nitrogens with zero attached hydrogens (tertiary/aromatic N) is 2. The Morgan fingerprint density at radius 3 is 2.42 bits per heavy atom. The first-order valence-electron chi connectivity index (χ1n) is 7.41. The summed E-state index contributed by atoms with van der Waals surface area (Å²) in [5.74, 6) is 0.214. The van der Waals surface area contributed by atoms with Gasteiger partial charge >= 0.3 is 0 Å². The lowest BCUT2D eigenvalue weighted by molar-refractivity contribution is -0.115. The largest absolute Gasteiger partial charge is 0.308 e. The maximum atomic E-state index is 12.1. The van der Waals surface area contributed by atoms with Crippen molar-refractivity contribution in [1.29, 1.82) is 0 Å². The number of aromatic nitrogens is 2. The van der Waals surface area contributed by atoms with Gasteiger partial charge in [0.05, 0.1) is 13.0 Å². The van der Waals surface area contributed by atoms with E-state index in [9.17, 15) is 4.79 Å². The van der Waals surface area contributed by atoms with Crippen LogP contribution < -0.4 is 5.32 Å². The molecule has 1 amide bonds. The lowest BCUT2D eigenvalue weighted by atomic mass is 10.1. The molecule has 6 heteroatoms. The Morgan fingerprint density at radius 2 is 1.71 bits per heavy atom. The first kappa shape index (κ1) is 16.6. The van der Waals surface area contributed by atoms with Crippen LogP contribution in [0, 0.1) is 0 Å². The summed E-state index contributed by atoms with van der Waals surface area (Å²) in [4.78, 5) is 12.1. The molecule has 0 fully saturated rings. The lowest BCUT2D eigenvalue weighted by Crippen LogP contribution is -2.15. The van der Waals surface area contributed by atoms with Crippen LogP contribution in [0.5, 0.6) is 0 Å². The number of rotatable bonds is 5. The topological polar surface area (TPSA) is 46.9 Å². The molecule has 0 aliphatic carbocycles. The molecule has 0 bridgehead atoms. The van der Waals surface area contributed by atoms with Gasteiger partial charge in [0, 0.05) is 11.2 Å². The summed E-state index contributed by atoms with van der Waals surface area (Å²) in [5.41, 5.74) is 1.98. The van der Waals surface area contributed by atoms with Crippen molar-refractivity contribution in [3.05, 3.63) is 82.0 Å². The van der Waals surface area contributed by atoms with Gasteiger partial charge < -0.3 is 5.32 Å². The number of anilines is 1. The molecule has 4 nitrogen and oxygen atoms in total. The van der Waals surface area contributed by atoms with Crippen LogP contribution in [-0.2, 0) is 17.8 Å². The van der Waals surface area contributed by atoms with E-state index < -0.39 is 0 Å². The summed E-state index contributed by atoms with van der Waals surface area (Å²) in [6.45, 7) is 0.547. The van der Waals surface area contributed by atoms with Crippen LogP contribution in [0.15, 0.2) is 60.8 Å². The molecular formula is C18H15Cl2N3O. The Kier molecular flexibility index (Phi) is 5.18. The molecule has 2 aromatic carbocycles. The summed E-state index contributed by atoms with van der Waals surface area (Å²) in [6, 6.07) is 17.0. The highest BCUT2D eigenvalue weighted by molar-refractivity contribution is 6.33. The highest BCUT2D eigenvalue weighted by atomic mass is 35.5. The molecule has 0 aliphatic rings. The van der Waals surface area contributed by atoms with E-state index in [1.165, 1.54) is 0 Å². The van der Waals surface area contributed by atoms with E-state index in [4.69, 9.17) is 23.2 Å². The van der Waals surface area contributed by atoms with Crippen LogP contribution >= 0.6 is 23.2 Å². The maximum Gasteiger partial charge on any atom is 0.230 e. The van der Waals surface area contributed by atoms with Crippen LogP contribution in [0.25, 0.3) is 0 Å². The average molecular weight is 360 g/mol. The number of benzene rings is 2. The minimum Gasteiger partial charge on any atom is -0.308 e. The number of nitrogens with one attached hydrogen (secondary N) is 1. The molecule has 1 aromatic heterocycles. The van der Waals surface area contributed by atoms with Gasteiger partial charge in [-0.25, -0.2) is 0 Å². The third kappa shape index (κ3) is 4.37. The number of hydrogen-bond donors (Lipinski definition) is 1.